The van der Waals surface area contributed by atoms with Crippen LogP contribution in [0.3, 0.4) is 0 Å². The maximum atomic E-state index is 11.3. The van der Waals surface area contributed by atoms with Crippen molar-refractivity contribution in [1.29, 1.82) is 0 Å². The van der Waals surface area contributed by atoms with E-state index in [2.05, 4.69) is 24.5 Å². The topological polar surface area (TPSA) is 41.1 Å². The lowest BCUT2D eigenvalue weighted by Crippen LogP contribution is -2.30. The summed E-state index contributed by atoms with van der Waals surface area (Å²) in [7, 11) is 0. The van der Waals surface area contributed by atoms with Crippen LogP contribution < -0.4 is 10.6 Å². The van der Waals surface area contributed by atoms with Gasteiger partial charge in [0.25, 0.3) is 0 Å². The Kier molecular flexibility index (Phi) is 8.43. The summed E-state index contributed by atoms with van der Waals surface area (Å²) >= 11 is 5.50. The van der Waals surface area contributed by atoms with Crippen LogP contribution in [0.4, 0.5) is 0 Å². The van der Waals surface area contributed by atoms with Gasteiger partial charge in [-0.25, -0.2) is 0 Å². The summed E-state index contributed by atoms with van der Waals surface area (Å²) in [6, 6.07) is 0. The van der Waals surface area contributed by atoms with Gasteiger partial charge in [0.1, 0.15) is 0 Å². The SMILES string of the molecule is CC(=CCl)CNCCC(=O)NCC(C)C. The molecule has 15 heavy (non-hydrogen) atoms. The van der Waals surface area contributed by atoms with E-state index in [-0.39, 0.29) is 5.91 Å². The fourth-order valence-electron chi connectivity index (χ4n) is 0.932. The van der Waals surface area contributed by atoms with Gasteiger partial charge in [0.05, 0.1) is 0 Å². The summed E-state index contributed by atoms with van der Waals surface area (Å²) in [5.74, 6) is 0.604. The second-order valence-electron chi connectivity index (χ2n) is 4.08. The molecule has 0 spiro atoms. The molecule has 0 unspecified atom stereocenters. The van der Waals surface area contributed by atoms with Gasteiger partial charge in [0.2, 0.25) is 5.91 Å². The maximum Gasteiger partial charge on any atom is 0.221 e. The van der Waals surface area contributed by atoms with Gasteiger partial charge in [0, 0.05) is 31.6 Å². The van der Waals surface area contributed by atoms with Gasteiger partial charge in [0.15, 0.2) is 0 Å². The van der Waals surface area contributed by atoms with Crippen molar-refractivity contribution in [3.63, 3.8) is 0 Å². The number of hydrogen-bond acceptors (Lipinski definition) is 2. The summed E-state index contributed by atoms with van der Waals surface area (Å²) in [6.07, 6.45) is 0.516. The lowest BCUT2D eigenvalue weighted by atomic mass is 10.2. The molecular formula is C11H21ClN2O. The molecule has 3 nitrogen and oxygen atoms in total. The highest BCUT2D eigenvalue weighted by molar-refractivity contribution is 6.25. The highest BCUT2D eigenvalue weighted by atomic mass is 35.5. The molecule has 0 aliphatic carbocycles. The van der Waals surface area contributed by atoms with Crippen LogP contribution in [0.1, 0.15) is 27.2 Å². The Labute approximate surface area is 97.3 Å². The van der Waals surface area contributed by atoms with Crippen LogP contribution in [0.25, 0.3) is 0 Å². The number of carbonyl (C=O) groups is 1. The fraction of sp³-hybridized carbons (Fsp3) is 0.727. The summed E-state index contributed by atoms with van der Waals surface area (Å²) in [5, 5.41) is 6.01. The van der Waals surface area contributed by atoms with Crippen LogP contribution in [0.5, 0.6) is 0 Å². The molecule has 0 aliphatic heterocycles. The number of hydrogen-bond donors (Lipinski definition) is 2. The minimum absolute atomic E-state index is 0.101. The van der Waals surface area contributed by atoms with Crippen LogP contribution in [-0.2, 0) is 4.79 Å². The Morgan fingerprint density at radius 2 is 2.13 bits per heavy atom. The molecule has 0 bridgehead atoms. The number of nitrogens with one attached hydrogen (secondary N) is 2. The van der Waals surface area contributed by atoms with Crippen molar-refractivity contribution in [2.75, 3.05) is 19.6 Å². The molecule has 0 atom stereocenters. The lowest BCUT2D eigenvalue weighted by Gasteiger charge is -2.08. The minimum Gasteiger partial charge on any atom is -0.356 e. The Bertz CT molecular complexity index is 215. The third-order valence-electron chi connectivity index (χ3n) is 1.83. The average Bonchev–Trinajstić information content (AvgIpc) is 2.21. The molecule has 0 radical (unpaired) electrons. The second-order valence-corrected chi connectivity index (χ2v) is 4.30. The first-order chi connectivity index (χ1) is 7.06. The summed E-state index contributed by atoms with van der Waals surface area (Å²) < 4.78 is 0. The van der Waals surface area contributed by atoms with Crippen molar-refractivity contribution in [1.82, 2.24) is 10.6 Å². The van der Waals surface area contributed by atoms with Gasteiger partial charge < -0.3 is 10.6 Å². The van der Waals surface area contributed by atoms with Crippen molar-refractivity contribution in [3.8, 4) is 0 Å². The van der Waals surface area contributed by atoms with Crippen molar-refractivity contribution in [2.24, 2.45) is 5.92 Å². The average molecular weight is 233 g/mol. The van der Waals surface area contributed by atoms with E-state index in [1.807, 2.05) is 6.92 Å². The molecule has 0 saturated heterocycles. The monoisotopic (exact) mass is 232 g/mol. The highest BCUT2D eigenvalue weighted by Gasteiger charge is 2.01. The van der Waals surface area contributed by atoms with Crippen molar-refractivity contribution >= 4 is 17.5 Å². The van der Waals surface area contributed by atoms with Crippen LogP contribution in [-0.4, -0.2) is 25.5 Å². The van der Waals surface area contributed by atoms with E-state index in [9.17, 15) is 4.79 Å². The van der Waals surface area contributed by atoms with Crippen molar-refractivity contribution in [3.05, 3.63) is 11.1 Å². The zero-order chi connectivity index (χ0) is 11.7. The fourth-order valence-corrected chi connectivity index (χ4v) is 1.01. The van der Waals surface area contributed by atoms with E-state index < -0.39 is 0 Å². The Balaban J connectivity index is 3.39. The zero-order valence-electron chi connectivity index (χ0n) is 9.77. The minimum atomic E-state index is 0.101. The van der Waals surface area contributed by atoms with E-state index in [0.717, 1.165) is 18.7 Å². The van der Waals surface area contributed by atoms with Crippen molar-refractivity contribution < 1.29 is 4.79 Å². The predicted molar refractivity (Wildman–Crippen MR) is 64.9 cm³/mol. The zero-order valence-corrected chi connectivity index (χ0v) is 10.5. The summed E-state index contributed by atoms with van der Waals surface area (Å²) in [6.45, 7) is 8.27. The Morgan fingerprint density at radius 1 is 1.47 bits per heavy atom. The third kappa shape index (κ3) is 9.76. The molecule has 0 aromatic heterocycles. The molecule has 0 rings (SSSR count). The lowest BCUT2D eigenvalue weighted by molar-refractivity contribution is -0.121. The standard InChI is InChI=1S/C11H21ClN2O/c1-9(2)7-14-11(15)4-5-13-8-10(3)6-12/h6,9,13H,4-5,7-8H2,1-3H3,(H,14,15). The predicted octanol–water partition coefficient (Wildman–Crippen LogP) is 1.88. The highest BCUT2D eigenvalue weighted by Crippen LogP contribution is 1.92. The van der Waals surface area contributed by atoms with Crippen LogP contribution in [0.15, 0.2) is 11.1 Å². The van der Waals surface area contributed by atoms with E-state index in [1.165, 1.54) is 0 Å². The Hall–Kier alpha value is -0.540. The molecule has 0 aromatic rings. The first-order valence-corrected chi connectivity index (χ1v) is 5.73. The number of halogens is 1. The smallest absolute Gasteiger partial charge is 0.221 e. The quantitative estimate of drug-likeness (QED) is 0.659. The van der Waals surface area contributed by atoms with Gasteiger partial charge in [-0.1, -0.05) is 25.4 Å². The van der Waals surface area contributed by atoms with Gasteiger partial charge in [-0.3, -0.25) is 4.79 Å². The maximum absolute atomic E-state index is 11.3. The molecule has 0 aromatic carbocycles. The van der Waals surface area contributed by atoms with Gasteiger partial charge in [-0.2, -0.15) is 0 Å². The number of amides is 1. The summed E-state index contributed by atoms with van der Waals surface area (Å²) in [5.41, 5.74) is 2.62. The Morgan fingerprint density at radius 3 is 2.67 bits per heavy atom. The van der Waals surface area contributed by atoms with Gasteiger partial charge in [-0.05, 0) is 18.4 Å². The largest absolute Gasteiger partial charge is 0.356 e. The van der Waals surface area contributed by atoms with E-state index in [1.54, 1.807) is 5.54 Å². The second kappa shape index (κ2) is 8.74. The molecule has 0 heterocycles. The first-order valence-electron chi connectivity index (χ1n) is 5.29. The van der Waals surface area contributed by atoms with Crippen LogP contribution in [0.2, 0.25) is 0 Å². The molecule has 4 heteroatoms. The van der Waals surface area contributed by atoms with Gasteiger partial charge in [-0.15, -0.1) is 0 Å². The molecule has 0 aliphatic rings. The normalized spacial score (nSPS) is 11.9. The molecule has 2 N–H and O–H groups in total. The molecule has 0 fully saturated rings. The summed E-state index contributed by atoms with van der Waals surface area (Å²) in [4.78, 5) is 11.3. The van der Waals surface area contributed by atoms with Crippen LogP contribution in [0, 0.1) is 5.92 Å². The van der Waals surface area contributed by atoms with E-state index >= 15 is 0 Å². The number of carbonyl (C=O) groups excluding carboxylic acids is 1. The third-order valence-corrected chi connectivity index (χ3v) is 2.20. The number of rotatable bonds is 7. The van der Waals surface area contributed by atoms with Crippen molar-refractivity contribution in [2.45, 2.75) is 27.2 Å². The van der Waals surface area contributed by atoms with Crippen LogP contribution >= 0.6 is 11.6 Å². The first kappa shape index (κ1) is 14.5. The van der Waals surface area contributed by atoms with E-state index in [0.29, 0.717) is 18.9 Å². The molecule has 0 saturated carbocycles. The molecular weight excluding hydrogens is 212 g/mol. The molecule has 88 valence electrons. The van der Waals surface area contributed by atoms with Gasteiger partial charge >= 0.3 is 0 Å². The molecule has 1 amide bonds. The van der Waals surface area contributed by atoms with E-state index in [4.69, 9.17) is 11.6 Å².